The molecule has 0 aliphatic heterocycles. The summed E-state index contributed by atoms with van der Waals surface area (Å²) >= 11 is 0. The van der Waals surface area contributed by atoms with E-state index in [1.807, 2.05) is 6.92 Å². The fraction of sp³-hybridized carbons (Fsp3) is 0.750. The molecule has 2 nitrogen and oxygen atoms in total. The maximum absolute atomic E-state index is 5.22. The summed E-state index contributed by atoms with van der Waals surface area (Å²) in [6, 6.07) is 0. The number of rotatable bonds is 6. The lowest BCUT2D eigenvalue weighted by molar-refractivity contribution is -0.122. The van der Waals surface area contributed by atoms with Crippen LogP contribution in [0.2, 0.25) is 0 Å². The zero-order valence-electron chi connectivity index (χ0n) is 6.80. The topological polar surface area (TPSA) is 18.5 Å². The quantitative estimate of drug-likeness (QED) is 0.419. The van der Waals surface area contributed by atoms with E-state index in [1.165, 1.54) is 0 Å². The second kappa shape index (κ2) is 6.78. The normalized spacial score (nSPS) is 13.0. The molecule has 0 N–H and O–H groups in total. The van der Waals surface area contributed by atoms with Gasteiger partial charge in [0, 0.05) is 6.61 Å². The summed E-state index contributed by atoms with van der Waals surface area (Å²) in [5.41, 5.74) is 0. The maximum atomic E-state index is 5.22. The number of hydrogen-bond donors (Lipinski definition) is 0. The van der Waals surface area contributed by atoms with Crippen LogP contribution >= 0.6 is 0 Å². The fourth-order valence-electron chi connectivity index (χ4n) is 0.535. The van der Waals surface area contributed by atoms with E-state index in [4.69, 9.17) is 9.47 Å². The van der Waals surface area contributed by atoms with Gasteiger partial charge in [-0.2, -0.15) is 0 Å². The molecule has 0 aromatic heterocycles. The highest BCUT2D eigenvalue weighted by Gasteiger charge is 1.97. The molecule has 0 rings (SSSR count). The third kappa shape index (κ3) is 5.79. The minimum absolute atomic E-state index is 0.0991. The van der Waals surface area contributed by atoms with Crippen LogP contribution in [0.15, 0.2) is 12.7 Å². The van der Waals surface area contributed by atoms with E-state index < -0.39 is 0 Å². The molecular formula is C8H16O2. The Morgan fingerprint density at radius 3 is 2.70 bits per heavy atom. The minimum Gasteiger partial charge on any atom is -0.353 e. The van der Waals surface area contributed by atoms with Gasteiger partial charge >= 0.3 is 0 Å². The van der Waals surface area contributed by atoms with Gasteiger partial charge < -0.3 is 9.47 Å². The van der Waals surface area contributed by atoms with E-state index in [2.05, 4.69) is 13.5 Å². The molecule has 0 aromatic rings. The molecular weight excluding hydrogens is 128 g/mol. The van der Waals surface area contributed by atoms with Crippen LogP contribution in [0, 0.1) is 0 Å². The van der Waals surface area contributed by atoms with Gasteiger partial charge in [0.1, 0.15) is 0 Å². The second-order valence-corrected chi connectivity index (χ2v) is 2.06. The van der Waals surface area contributed by atoms with Crippen LogP contribution in [-0.4, -0.2) is 19.5 Å². The Hall–Kier alpha value is -0.340. The van der Waals surface area contributed by atoms with Crippen LogP contribution in [0.4, 0.5) is 0 Å². The third-order valence-corrected chi connectivity index (χ3v) is 1.01. The van der Waals surface area contributed by atoms with E-state index in [1.54, 1.807) is 6.08 Å². The van der Waals surface area contributed by atoms with Gasteiger partial charge in [-0.15, -0.1) is 6.58 Å². The van der Waals surface area contributed by atoms with Crippen molar-refractivity contribution < 1.29 is 9.47 Å². The smallest absolute Gasteiger partial charge is 0.155 e. The molecule has 60 valence electrons. The summed E-state index contributed by atoms with van der Waals surface area (Å²) < 4.78 is 10.4. The minimum atomic E-state index is -0.0991. The first kappa shape index (κ1) is 9.66. The molecule has 0 amide bonds. The molecule has 0 aliphatic rings. The van der Waals surface area contributed by atoms with Crippen LogP contribution < -0.4 is 0 Å². The van der Waals surface area contributed by atoms with Gasteiger partial charge in [0.05, 0.1) is 6.61 Å². The molecule has 1 atom stereocenters. The van der Waals surface area contributed by atoms with Gasteiger partial charge in [0.15, 0.2) is 6.29 Å². The molecule has 0 heterocycles. The molecule has 0 saturated heterocycles. The average molecular weight is 144 g/mol. The third-order valence-electron chi connectivity index (χ3n) is 1.01. The lowest BCUT2D eigenvalue weighted by Gasteiger charge is -2.11. The molecule has 0 aliphatic carbocycles. The molecule has 0 fully saturated rings. The van der Waals surface area contributed by atoms with Crippen LogP contribution in [0.3, 0.4) is 0 Å². The van der Waals surface area contributed by atoms with Gasteiger partial charge in [-0.1, -0.05) is 13.0 Å². The summed E-state index contributed by atoms with van der Waals surface area (Å²) in [4.78, 5) is 0. The first-order valence-corrected chi connectivity index (χ1v) is 3.65. The molecule has 0 bridgehead atoms. The largest absolute Gasteiger partial charge is 0.353 e. The Morgan fingerprint density at radius 1 is 1.50 bits per heavy atom. The Balaban J connectivity index is 3.07. The number of hydrogen-bond acceptors (Lipinski definition) is 2. The standard InChI is InChI=1S/C8H16O2/c1-4-6-9-8(3)10-7-5-2/h4,8H,1,5-7H2,2-3H3. The van der Waals surface area contributed by atoms with Crippen LogP contribution in [0.25, 0.3) is 0 Å². The van der Waals surface area contributed by atoms with Crippen molar-refractivity contribution in [1.82, 2.24) is 0 Å². The molecule has 1 unspecified atom stereocenters. The van der Waals surface area contributed by atoms with E-state index in [-0.39, 0.29) is 6.29 Å². The molecule has 0 saturated carbocycles. The summed E-state index contributed by atoms with van der Waals surface area (Å²) in [6.45, 7) is 8.81. The molecule has 2 heteroatoms. The lowest BCUT2D eigenvalue weighted by Crippen LogP contribution is -2.13. The van der Waals surface area contributed by atoms with Gasteiger partial charge in [-0.25, -0.2) is 0 Å². The van der Waals surface area contributed by atoms with Crippen molar-refractivity contribution in [3.8, 4) is 0 Å². The molecule has 10 heavy (non-hydrogen) atoms. The van der Waals surface area contributed by atoms with Gasteiger partial charge in [-0.3, -0.25) is 0 Å². The highest BCUT2D eigenvalue weighted by Crippen LogP contribution is 1.93. The zero-order chi connectivity index (χ0) is 7.82. The fourth-order valence-corrected chi connectivity index (χ4v) is 0.535. The van der Waals surface area contributed by atoms with Crippen molar-refractivity contribution in [2.75, 3.05) is 13.2 Å². The molecule has 0 spiro atoms. The Bertz CT molecular complexity index is 81.3. The predicted octanol–water partition coefficient (Wildman–Crippen LogP) is 1.96. The Morgan fingerprint density at radius 2 is 2.20 bits per heavy atom. The Labute approximate surface area is 62.8 Å². The van der Waals surface area contributed by atoms with Crippen LogP contribution in [0.1, 0.15) is 20.3 Å². The van der Waals surface area contributed by atoms with Crippen molar-refractivity contribution in [3.05, 3.63) is 12.7 Å². The molecule has 0 radical (unpaired) electrons. The lowest BCUT2D eigenvalue weighted by atomic mass is 10.5. The summed E-state index contributed by atoms with van der Waals surface area (Å²) in [5.74, 6) is 0. The summed E-state index contributed by atoms with van der Waals surface area (Å²) in [6.07, 6.45) is 2.64. The SMILES string of the molecule is C=CCOC(C)OCCC. The monoisotopic (exact) mass is 144 g/mol. The Kier molecular flexibility index (Phi) is 6.55. The van der Waals surface area contributed by atoms with Gasteiger partial charge in [-0.05, 0) is 13.3 Å². The van der Waals surface area contributed by atoms with Crippen molar-refractivity contribution >= 4 is 0 Å². The van der Waals surface area contributed by atoms with E-state index >= 15 is 0 Å². The highest BCUT2D eigenvalue weighted by atomic mass is 16.7. The van der Waals surface area contributed by atoms with E-state index in [9.17, 15) is 0 Å². The van der Waals surface area contributed by atoms with E-state index in [0.29, 0.717) is 6.61 Å². The van der Waals surface area contributed by atoms with Gasteiger partial charge in [0.2, 0.25) is 0 Å². The van der Waals surface area contributed by atoms with Crippen molar-refractivity contribution in [3.63, 3.8) is 0 Å². The van der Waals surface area contributed by atoms with Crippen molar-refractivity contribution in [1.29, 1.82) is 0 Å². The highest BCUT2D eigenvalue weighted by molar-refractivity contribution is 4.63. The maximum Gasteiger partial charge on any atom is 0.155 e. The molecule has 0 aromatic carbocycles. The first-order chi connectivity index (χ1) is 4.81. The number of ether oxygens (including phenoxy) is 2. The van der Waals surface area contributed by atoms with Crippen molar-refractivity contribution in [2.45, 2.75) is 26.6 Å². The predicted molar refractivity (Wildman–Crippen MR) is 41.9 cm³/mol. The zero-order valence-corrected chi connectivity index (χ0v) is 6.80. The van der Waals surface area contributed by atoms with Crippen LogP contribution in [0.5, 0.6) is 0 Å². The van der Waals surface area contributed by atoms with Gasteiger partial charge in [0.25, 0.3) is 0 Å². The summed E-state index contributed by atoms with van der Waals surface area (Å²) in [7, 11) is 0. The average Bonchev–Trinajstić information content (AvgIpc) is 1.97. The van der Waals surface area contributed by atoms with Crippen molar-refractivity contribution in [2.24, 2.45) is 0 Å². The van der Waals surface area contributed by atoms with Crippen LogP contribution in [-0.2, 0) is 9.47 Å². The van der Waals surface area contributed by atoms with E-state index in [0.717, 1.165) is 13.0 Å². The second-order valence-electron chi connectivity index (χ2n) is 2.06. The first-order valence-electron chi connectivity index (χ1n) is 3.65. The summed E-state index contributed by atoms with van der Waals surface area (Å²) in [5, 5.41) is 0.